The highest BCUT2D eigenvalue weighted by atomic mass is 19.4. The monoisotopic (exact) mass is 312 g/mol. The van der Waals surface area contributed by atoms with Crippen molar-refractivity contribution in [3.05, 3.63) is 12.7 Å². The average molecular weight is 312 g/mol. The minimum absolute atomic E-state index is 0.750. The summed E-state index contributed by atoms with van der Waals surface area (Å²) >= 11 is 0. The molecule has 0 radical (unpaired) electrons. The van der Waals surface area contributed by atoms with Gasteiger partial charge in [-0.15, -0.1) is 0 Å². The van der Waals surface area contributed by atoms with Crippen LogP contribution >= 0.6 is 0 Å². The molecule has 1 unspecified atom stereocenters. The fourth-order valence-corrected chi connectivity index (χ4v) is 0.963. The van der Waals surface area contributed by atoms with Crippen molar-refractivity contribution in [2.75, 3.05) is 6.61 Å². The Kier molecular flexibility index (Phi) is 9.24. The van der Waals surface area contributed by atoms with E-state index in [1.165, 1.54) is 0 Å². The minimum Gasteiger partial charge on any atom is -0.478 e. The summed E-state index contributed by atoms with van der Waals surface area (Å²) < 4.78 is 71.4. The molecular weight excluding hydrogens is 298 g/mol. The lowest BCUT2D eigenvalue weighted by Crippen LogP contribution is -2.37. The minimum atomic E-state index is -5.38. The predicted octanol–water partition coefficient (Wildman–Crippen LogP) is 2.12. The molecular formula is C10H14F6O4. The van der Waals surface area contributed by atoms with Crippen molar-refractivity contribution >= 4 is 5.97 Å². The van der Waals surface area contributed by atoms with Crippen LogP contribution in [0.15, 0.2) is 12.7 Å². The lowest BCUT2D eigenvalue weighted by Gasteiger charge is -2.23. The van der Waals surface area contributed by atoms with Gasteiger partial charge in [0, 0.05) is 6.08 Å². The van der Waals surface area contributed by atoms with Gasteiger partial charge in [0.15, 0.2) is 5.92 Å². The van der Waals surface area contributed by atoms with E-state index in [-0.39, 0.29) is 0 Å². The van der Waals surface area contributed by atoms with Crippen molar-refractivity contribution < 1.29 is 46.5 Å². The third-order valence-electron chi connectivity index (χ3n) is 1.96. The lowest BCUT2D eigenvalue weighted by atomic mass is 10.00. The number of hydrogen-bond acceptors (Lipinski definition) is 3. The molecule has 1 atom stereocenters. The van der Waals surface area contributed by atoms with Gasteiger partial charge in [0.25, 0.3) is 0 Å². The highest BCUT2D eigenvalue weighted by molar-refractivity contribution is 5.78. The molecule has 0 spiro atoms. The van der Waals surface area contributed by atoms with E-state index in [1.54, 1.807) is 0 Å². The molecule has 0 aliphatic heterocycles. The zero-order valence-electron chi connectivity index (χ0n) is 10.1. The van der Waals surface area contributed by atoms with Crippen LogP contribution in [0, 0.1) is 5.92 Å². The Balaban J connectivity index is 0. The number of alkyl halides is 6. The van der Waals surface area contributed by atoms with Gasteiger partial charge < -0.3 is 15.3 Å². The van der Waals surface area contributed by atoms with Gasteiger partial charge in [-0.05, 0) is 12.8 Å². The maximum Gasteiger partial charge on any atom is 0.400 e. The van der Waals surface area contributed by atoms with Gasteiger partial charge >= 0.3 is 18.3 Å². The number of rotatable bonds is 5. The molecule has 0 aliphatic rings. The van der Waals surface area contributed by atoms with Gasteiger partial charge in [0.1, 0.15) is 0 Å². The van der Waals surface area contributed by atoms with Gasteiger partial charge in [-0.25, -0.2) is 4.79 Å². The second-order valence-electron chi connectivity index (χ2n) is 3.59. The largest absolute Gasteiger partial charge is 0.478 e. The van der Waals surface area contributed by atoms with E-state index in [2.05, 4.69) is 6.58 Å². The van der Waals surface area contributed by atoms with Gasteiger partial charge in [-0.3, -0.25) is 0 Å². The summed E-state index contributed by atoms with van der Waals surface area (Å²) in [6.45, 7) is 2.10. The van der Waals surface area contributed by atoms with Gasteiger partial charge in [0.2, 0.25) is 0 Å². The summed E-state index contributed by atoms with van der Waals surface area (Å²) in [4.78, 5) is 9.25. The fraction of sp³-hybridized carbons (Fsp3) is 0.700. The van der Waals surface area contributed by atoms with Gasteiger partial charge in [-0.2, -0.15) is 26.3 Å². The van der Waals surface area contributed by atoms with Crippen LogP contribution in [0.25, 0.3) is 0 Å². The Hall–Kier alpha value is -1.29. The highest BCUT2D eigenvalue weighted by Gasteiger charge is 2.55. The van der Waals surface area contributed by atoms with Crippen molar-refractivity contribution in [2.45, 2.75) is 31.3 Å². The Morgan fingerprint density at radius 1 is 1.10 bits per heavy atom. The van der Waals surface area contributed by atoms with Crippen LogP contribution in [0.3, 0.4) is 0 Å². The van der Waals surface area contributed by atoms with E-state index in [9.17, 15) is 31.1 Å². The van der Waals surface area contributed by atoms with Crippen molar-refractivity contribution in [3.8, 4) is 0 Å². The van der Waals surface area contributed by atoms with E-state index in [0.717, 1.165) is 6.08 Å². The zero-order chi connectivity index (χ0) is 16.6. The number of aliphatic hydroxyl groups is 2. The molecule has 20 heavy (non-hydrogen) atoms. The molecule has 0 rings (SSSR count). The number of carbonyl (C=O) groups is 1. The first-order chi connectivity index (χ1) is 8.86. The smallest absolute Gasteiger partial charge is 0.400 e. The molecule has 0 aromatic heterocycles. The summed E-state index contributed by atoms with van der Waals surface area (Å²) in [5.74, 6) is -4.43. The fourth-order valence-electron chi connectivity index (χ4n) is 0.963. The second kappa shape index (κ2) is 8.80. The molecule has 0 aliphatic carbocycles. The molecule has 0 aromatic rings. The quantitative estimate of drug-likeness (QED) is 0.537. The van der Waals surface area contributed by atoms with E-state index < -0.39 is 49.8 Å². The molecule has 0 saturated carbocycles. The van der Waals surface area contributed by atoms with E-state index >= 15 is 0 Å². The zero-order valence-corrected chi connectivity index (χ0v) is 10.1. The first kappa shape index (κ1) is 21.0. The average Bonchev–Trinajstić information content (AvgIpc) is 2.25. The molecule has 0 amide bonds. The van der Waals surface area contributed by atoms with Crippen molar-refractivity contribution in [1.82, 2.24) is 0 Å². The molecule has 10 heteroatoms. The third-order valence-corrected chi connectivity index (χ3v) is 1.96. The SMILES string of the molecule is C=CC(=O)O.OCC(O)CCC(C(F)(F)F)C(F)(F)F. The van der Waals surface area contributed by atoms with Gasteiger partial charge in [-0.1, -0.05) is 6.58 Å². The van der Waals surface area contributed by atoms with Crippen LogP contribution in [0.4, 0.5) is 26.3 Å². The van der Waals surface area contributed by atoms with Crippen LogP contribution in [0.1, 0.15) is 12.8 Å². The Morgan fingerprint density at radius 2 is 1.45 bits per heavy atom. The summed E-state index contributed by atoms with van der Waals surface area (Å²) in [5.41, 5.74) is 0. The number of halogens is 6. The maximum absolute atomic E-state index is 11.9. The Labute approximate surface area is 110 Å². The molecule has 0 heterocycles. The number of hydrogen-bond donors (Lipinski definition) is 3. The molecule has 4 nitrogen and oxygen atoms in total. The molecule has 0 bridgehead atoms. The highest BCUT2D eigenvalue weighted by Crippen LogP contribution is 2.42. The van der Waals surface area contributed by atoms with Crippen LogP contribution in [0.2, 0.25) is 0 Å². The Morgan fingerprint density at radius 3 is 1.65 bits per heavy atom. The molecule has 3 N–H and O–H groups in total. The van der Waals surface area contributed by atoms with E-state index in [4.69, 9.17) is 15.3 Å². The summed E-state index contributed by atoms with van der Waals surface area (Å²) in [6, 6.07) is 0. The summed E-state index contributed by atoms with van der Waals surface area (Å²) in [7, 11) is 0. The predicted molar refractivity (Wildman–Crippen MR) is 55.8 cm³/mol. The number of carboxylic acids is 1. The van der Waals surface area contributed by atoms with Crippen LogP contribution in [-0.4, -0.2) is 46.4 Å². The topological polar surface area (TPSA) is 77.8 Å². The van der Waals surface area contributed by atoms with E-state index in [0.29, 0.717) is 0 Å². The van der Waals surface area contributed by atoms with Crippen LogP contribution in [0.5, 0.6) is 0 Å². The van der Waals surface area contributed by atoms with Crippen molar-refractivity contribution in [1.29, 1.82) is 0 Å². The number of aliphatic hydroxyl groups excluding tert-OH is 2. The first-order valence-corrected chi connectivity index (χ1v) is 5.14. The number of aliphatic carboxylic acids is 1. The first-order valence-electron chi connectivity index (χ1n) is 5.14. The summed E-state index contributed by atoms with van der Waals surface area (Å²) in [5, 5.41) is 24.5. The molecule has 0 aromatic carbocycles. The Bertz CT molecular complexity index is 285. The molecule has 0 saturated heterocycles. The van der Waals surface area contributed by atoms with Crippen molar-refractivity contribution in [3.63, 3.8) is 0 Å². The third kappa shape index (κ3) is 10.6. The summed E-state index contributed by atoms with van der Waals surface area (Å²) in [6.07, 6.45) is -13.5. The van der Waals surface area contributed by atoms with Crippen molar-refractivity contribution in [2.24, 2.45) is 5.92 Å². The molecule has 120 valence electrons. The second-order valence-corrected chi connectivity index (χ2v) is 3.59. The molecule has 0 fully saturated rings. The van der Waals surface area contributed by atoms with E-state index in [1.807, 2.05) is 0 Å². The van der Waals surface area contributed by atoms with Gasteiger partial charge in [0.05, 0.1) is 12.7 Å². The maximum atomic E-state index is 11.9. The van der Waals surface area contributed by atoms with Crippen LogP contribution < -0.4 is 0 Å². The standard InChI is InChI=1S/C7H10F6O2.C3H4O2/c8-6(9,10)5(7(11,12)13)2-1-4(15)3-14;1-2-3(4)5/h4-5,14-15H,1-3H2;2H,1H2,(H,4,5). The normalized spacial score (nSPS) is 13.4. The lowest BCUT2D eigenvalue weighted by molar-refractivity contribution is -0.286. The van der Waals surface area contributed by atoms with Crippen LogP contribution in [-0.2, 0) is 4.79 Å². The number of carboxylic acid groups (broad SMARTS) is 1.